The van der Waals surface area contributed by atoms with Crippen LogP contribution in [0, 0.1) is 0 Å². The summed E-state index contributed by atoms with van der Waals surface area (Å²) in [4.78, 5) is 0. The summed E-state index contributed by atoms with van der Waals surface area (Å²) in [6.07, 6.45) is 3.56. The molecule has 1 aliphatic heterocycles. The van der Waals surface area contributed by atoms with E-state index in [1.54, 1.807) is 0 Å². The van der Waals surface area contributed by atoms with Crippen molar-refractivity contribution in [3.8, 4) is 0 Å². The van der Waals surface area contributed by atoms with E-state index in [9.17, 15) is 0 Å². The van der Waals surface area contributed by atoms with Gasteiger partial charge in [-0.3, -0.25) is 0 Å². The van der Waals surface area contributed by atoms with E-state index in [0.29, 0.717) is 0 Å². The van der Waals surface area contributed by atoms with Crippen LogP contribution in [0.2, 0.25) is 5.02 Å². The van der Waals surface area contributed by atoms with Gasteiger partial charge in [-0.2, -0.15) is 0 Å². The van der Waals surface area contributed by atoms with Crippen molar-refractivity contribution in [1.29, 1.82) is 0 Å². The molecule has 1 aromatic carbocycles. The van der Waals surface area contributed by atoms with E-state index in [4.69, 9.17) is 22.1 Å². The molecule has 0 radical (unpaired) electrons. The lowest BCUT2D eigenvalue weighted by Gasteiger charge is -2.28. The van der Waals surface area contributed by atoms with Crippen LogP contribution in [0.4, 0.5) is 0 Å². The third-order valence-electron chi connectivity index (χ3n) is 2.85. The van der Waals surface area contributed by atoms with E-state index in [-0.39, 0.29) is 12.1 Å². The minimum absolute atomic E-state index is 0.0519. The molecule has 82 valence electrons. The molecule has 2 unspecified atom stereocenters. The average molecular weight is 226 g/mol. The topological polar surface area (TPSA) is 35.2 Å². The van der Waals surface area contributed by atoms with Crippen molar-refractivity contribution in [3.63, 3.8) is 0 Å². The molecule has 2 rings (SSSR count). The number of rotatable bonds is 2. The normalized spacial score (nSPS) is 23.7. The Morgan fingerprint density at radius 3 is 2.93 bits per heavy atom. The molecule has 0 amide bonds. The van der Waals surface area contributed by atoms with E-state index in [1.165, 1.54) is 6.42 Å². The Morgan fingerprint density at radius 1 is 1.40 bits per heavy atom. The number of halogens is 1. The fourth-order valence-corrected chi connectivity index (χ4v) is 2.18. The Morgan fingerprint density at radius 2 is 2.27 bits per heavy atom. The van der Waals surface area contributed by atoms with Crippen molar-refractivity contribution in [2.24, 2.45) is 5.73 Å². The lowest BCUT2D eigenvalue weighted by Crippen LogP contribution is -2.31. The largest absolute Gasteiger partial charge is 0.376 e. The molecule has 2 nitrogen and oxygen atoms in total. The molecule has 0 saturated carbocycles. The van der Waals surface area contributed by atoms with E-state index in [1.807, 2.05) is 24.3 Å². The van der Waals surface area contributed by atoms with Gasteiger partial charge in [0.25, 0.3) is 0 Å². The van der Waals surface area contributed by atoms with Crippen LogP contribution in [0.5, 0.6) is 0 Å². The zero-order valence-electron chi connectivity index (χ0n) is 8.66. The summed E-state index contributed by atoms with van der Waals surface area (Å²) in [6, 6.07) is 7.67. The maximum Gasteiger partial charge on any atom is 0.0767 e. The van der Waals surface area contributed by atoms with Gasteiger partial charge in [-0.15, -0.1) is 0 Å². The standard InChI is InChI=1S/C12H16ClNO/c13-10-5-3-4-9(8-10)12(14)11-6-1-2-7-15-11/h3-5,8,11-12H,1-2,6-7,14H2. The Bertz CT molecular complexity index is 323. The molecule has 1 aliphatic rings. The molecular formula is C12H16ClNO. The summed E-state index contributed by atoms with van der Waals surface area (Å²) in [6.45, 7) is 0.832. The highest BCUT2D eigenvalue weighted by Gasteiger charge is 2.22. The molecule has 0 aliphatic carbocycles. The summed E-state index contributed by atoms with van der Waals surface area (Å²) >= 11 is 5.93. The van der Waals surface area contributed by atoms with Crippen LogP contribution in [0.1, 0.15) is 30.9 Å². The van der Waals surface area contributed by atoms with E-state index in [2.05, 4.69) is 0 Å². The smallest absolute Gasteiger partial charge is 0.0767 e. The second-order valence-electron chi connectivity index (χ2n) is 3.99. The van der Waals surface area contributed by atoms with Crippen LogP contribution in [0.15, 0.2) is 24.3 Å². The minimum atomic E-state index is -0.0519. The highest BCUT2D eigenvalue weighted by Crippen LogP contribution is 2.25. The fraction of sp³-hybridized carbons (Fsp3) is 0.500. The van der Waals surface area contributed by atoms with Crippen LogP contribution >= 0.6 is 11.6 Å². The third kappa shape index (κ3) is 2.71. The summed E-state index contributed by atoms with van der Waals surface area (Å²) in [5, 5.41) is 0.735. The van der Waals surface area contributed by atoms with Crippen LogP contribution in [0.25, 0.3) is 0 Å². The first-order chi connectivity index (χ1) is 7.27. The molecule has 3 heteroatoms. The van der Waals surface area contributed by atoms with Gasteiger partial charge < -0.3 is 10.5 Å². The van der Waals surface area contributed by atoms with Gasteiger partial charge >= 0.3 is 0 Å². The molecule has 1 heterocycles. The SMILES string of the molecule is NC(c1cccc(Cl)c1)C1CCCCO1. The van der Waals surface area contributed by atoms with Crippen LogP contribution in [-0.4, -0.2) is 12.7 Å². The Kier molecular flexibility index (Phi) is 3.62. The number of hydrogen-bond donors (Lipinski definition) is 1. The van der Waals surface area contributed by atoms with Gasteiger partial charge in [-0.1, -0.05) is 23.7 Å². The second kappa shape index (κ2) is 4.97. The molecule has 2 N–H and O–H groups in total. The van der Waals surface area contributed by atoms with Gasteiger partial charge in [0.05, 0.1) is 12.1 Å². The molecule has 1 fully saturated rings. The maximum absolute atomic E-state index is 6.15. The van der Waals surface area contributed by atoms with Gasteiger partial charge in [0, 0.05) is 11.6 Å². The number of hydrogen-bond acceptors (Lipinski definition) is 2. The molecule has 1 aromatic rings. The van der Waals surface area contributed by atoms with Crippen molar-refractivity contribution in [3.05, 3.63) is 34.9 Å². The van der Waals surface area contributed by atoms with Gasteiger partial charge in [-0.25, -0.2) is 0 Å². The predicted molar refractivity (Wildman–Crippen MR) is 62.0 cm³/mol. The van der Waals surface area contributed by atoms with Crippen LogP contribution in [0.3, 0.4) is 0 Å². The predicted octanol–water partition coefficient (Wildman–Crippen LogP) is 2.91. The highest BCUT2D eigenvalue weighted by molar-refractivity contribution is 6.30. The Labute approximate surface area is 95.4 Å². The molecular weight excluding hydrogens is 210 g/mol. The summed E-state index contributed by atoms with van der Waals surface area (Å²) in [7, 11) is 0. The van der Waals surface area contributed by atoms with Gasteiger partial charge in [0.2, 0.25) is 0 Å². The van der Waals surface area contributed by atoms with E-state index < -0.39 is 0 Å². The number of benzene rings is 1. The fourth-order valence-electron chi connectivity index (χ4n) is 1.98. The van der Waals surface area contributed by atoms with Crippen molar-refractivity contribution in [2.75, 3.05) is 6.61 Å². The Hall–Kier alpha value is -0.570. The van der Waals surface area contributed by atoms with E-state index >= 15 is 0 Å². The monoisotopic (exact) mass is 225 g/mol. The Balaban J connectivity index is 2.08. The summed E-state index contributed by atoms with van der Waals surface area (Å²) in [5.41, 5.74) is 7.22. The molecule has 0 spiro atoms. The van der Waals surface area contributed by atoms with E-state index in [0.717, 1.165) is 30.0 Å². The maximum atomic E-state index is 6.15. The lowest BCUT2D eigenvalue weighted by atomic mass is 9.97. The van der Waals surface area contributed by atoms with Gasteiger partial charge in [0.15, 0.2) is 0 Å². The van der Waals surface area contributed by atoms with Crippen molar-refractivity contribution in [2.45, 2.75) is 31.4 Å². The van der Waals surface area contributed by atoms with Gasteiger partial charge in [-0.05, 0) is 37.0 Å². The van der Waals surface area contributed by atoms with Crippen molar-refractivity contribution >= 4 is 11.6 Å². The average Bonchev–Trinajstić information content (AvgIpc) is 2.29. The summed E-state index contributed by atoms with van der Waals surface area (Å²) in [5.74, 6) is 0. The molecule has 0 aromatic heterocycles. The first-order valence-corrected chi connectivity index (χ1v) is 5.78. The van der Waals surface area contributed by atoms with Crippen LogP contribution in [-0.2, 0) is 4.74 Å². The third-order valence-corrected chi connectivity index (χ3v) is 3.08. The molecule has 1 saturated heterocycles. The number of nitrogens with two attached hydrogens (primary N) is 1. The second-order valence-corrected chi connectivity index (χ2v) is 4.42. The summed E-state index contributed by atoms with van der Waals surface area (Å²) < 4.78 is 5.67. The first-order valence-electron chi connectivity index (χ1n) is 5.40. The number of ether oxygens (including phenoxy) is 1. The first kappa shape index (κ1) is 10.9. The van der Waals surface area contributed by atoms with Crippen molar-refractivity contribution in [1.82, 2.24) is 0 Å². The van der Waals surface area contributed by atoms with Crippen LogP contribution < -0.4 is 5.73 Å². The molecule has 2 atom stereocenters. The quantitative estimate of drug-likeness (QED) is 0.840. The molecule has 0 bridgehead atoms. The van der Waals surface area contributed by atoms with Gasteiger partial charge in [0.1, 0.15) is 0 Å². The zero-order chi connectivity index (χ0) is 10.7. The lowest BCUT2D eigenvalue weighted by molar-refractivity contribution is 0.0000161. The highest BCUT2D eigenvalue weighted by atomic mass is 35.5. The molecule has 15 heavy (non-hydrogen) atoms. The minimum Gasteiger partial charge on any atom is -0.376 e. The van der Waals surface area contributed by atoms with Crippen molar-refractivity contribution < 1.29 is 4.74 Å². The zero-order valence-corrected chi connectivity index (χ0v) is 9.41.